The fourth-order valence-corrected chi connectivity index (χ4v) is 5.89. The number of para-hydroxylation sites is 1. The van der Waals surface area contributed by atoms with Gasteiger partial charge in [-0.2, -0.15) is 0 Å². The number of piperazine rings is 1. The van der Waals surface area contributed by atoms with Gasteiger partial charge in [0.1, 0.15) is 10.8 Å². The molecule has 1 aromatic heterocycles. The highest BCUT2D eigenvalue weighted by Gasteiger charge is 2.30. The Labute approximate surface area is 186 Å². The maximum Gasteiger partial charge on any atom is 0.236 e. The lowest BCUT2D eigenvalue weighted by Gasteiger charge is -2.43. The molecule has 1 aromatic carbocycles. The predicted molar refractivity (Wildman–Crippen MR) is 119 cm³/mol. The highest BCUT2D eigenvalue weighted by atomic mass is 32.1. The Morgan fingerprint density at radius 1 is 1.16 bits per heavy atom. The van der Waals surface area contributed by atoms with Gasteiger partial charge in [-0.3, -0.25) is 14.6 Å². The van der Waals surface area contributed by atoms with Crippen molar-refractivity contribution >= 4 is 17.2 Å². The number of thiazole rings is 1. The summed E-state index contributed by atoms with van der Waals surface area (Å²) in [6.07, 6.45) is 4.84. The van der Waals surface area contributed by atoms with E-state index in [0.29, 0.717) is 12.3 Å². The molecule has 0 spiro atoms. The first kappa shape index (κ1) is 20.8. The molecule has 1 aliphatic carbocycles. The number of hydrogen-bond donors (Lipinski definition) is 0. The minimum Gasteiger partial charge on any atom is -0.462 e. The van der Waals surface area contributed by atoms with E-state index in [-0.39, 0.29) is 5.91 Å². The number of carbonyl (C=O) groups is 1. The van der Waals surface area contributed by atoms with E-state index in [1.807, 2.05) is 23.1 Å². The molecule has 0 N–H and O–H groups in total. The second kappa shape index (κ2) is 9.22. The van der Waals surface area contributed by atoms with Crippen molar-refractivity contribution in [2.45, 2.75) is 38.3 Å². The van der Waals surface area contributed by atoms with Gasteiger partial charge in [-0.15, -0.1) is 11.3 Å². The highest BCUT2D eigenvalue weighted by molar-refractivity contribution is 7.15. The van der Waals surface area contributed by atoms with Gasteiger partial charge in [-0.1, -0.05) is 18.6 Å². The first-order valence-corrected chi connectivity index (χ1v) is 12.0. The molecule has 0 bridgehead atoms. The number of rotatable bonds is 6. The summed E-state index contributed by atoms with van der Waals surface area (Å²) in [7, 11) is 0. The van der Waals surface area contributed by atoms with Crippen LogP contribution >= 0.6 is 11.3 Å². The third-order valence-electron chi connectivity index (χ3n) is 6.75. The summed E-state index contributed by atoms with van der Waals surface area (Å²) >= 11 is 1.62. The normalized spacial score (nSPS) is 20.4. The van der Waals surface area contributed by atoms with Gasteiger partial charge in [0.15, 0.2) is 0 Å². The van der Waals surface area contributed by atoms with Crippen LogP contribution in [0.2, 0.25) is 0 Å². The molecule has 0 unspecified atom stereocenters. The van der Waals surface area contributed by atoms with Crippen molar-refractivity contribution in [1.29, 1.82) is 0 Å². The van der Waals surface area contributed by atoms with Crippen LogP contribution < -0.4 is 4.74 Å². The lowest BCUT2D eigenvalue weighted by Crippen LogP contribution is -2.55. The SMILES string of the molecule is O=C(CN1CCc2nc(-c3ccccc3OCF)sc2C1)N1CCN(C2CCC2)CC1. The van der Waals surface area contributed by atoms with Gasteiger partial charge in [0, 0.05) is 56.6 Å². The zero-order valence-electron chi connectivity index (χ0n) is 17.8. The molecule has 166 valence electrons. The Morgan fingerprint density at radius 2 is 1.97 bits per heavy atom. The number of alkyl halides is 1. The summed E-state index contributed by atoms with van der Waals surface area (Å²) < 4.78 is 17.9. The maximum atomic E-state index is 12.9. The van der Waals surface area contributed by atoms with Gasteiger partial charge in [-0.25, -0.2) is 9.37 Å². The van der Waals surface area contributed by atoms with Crippen molar-refractivity contribution in [1.82, 2.24) is 19.7 Å². The molecule has 0 radical (unpaired) electrons. The molecule has 1 saturated carbocycles. The van der Waals surface area contributed by atoms with Crippen LogP contribution in [0, 0.1) is 0 Å². The predicted octanol–water partition coefficient (Wildman–Crippen LogP) is 3.17. The van der Waals surface area contributed by atoms with Crippen LogP contribution in [-0.4, -0.2) is 77.8 Å². The fraction of sp³-hybridized carbons (Fsp3) is 0.565. The van der Waals surface area contributed by atoms with Crippen LogP contribution in [0.25, 0.3) is 10.6 Å². The lowest BCUT2D eigenvalue weighted by atomic mass is 9.91. The van der Waals surface area contributed by atoms with E-state index in [9.17, 15) is 9.18 Å². The number of nitrogens with zero attached hydrogens (tertiary/aromatic N) is 4. The monoisotopic (exact) mass is 444 g/mol. The van der Waals surface area contributed by atoms with Gasteiger partial charge in [-0.05, 0) is 25.0 Å². The number of amides is 1. The molecule has 3 aliphatic rings. The highest BCUT2D eigenvalue weighted by Crippen LogP contribution is 2.36. The summed E-state index contributed by atoms with van der Waals surface area (Å²) in [5.74, 6) is 0.757. The van der Waals surface area contributed by atoms with Crippen molar-refractivity contribution in [2.75, 3.05) is 46.1 Å². The zero-order chi connectivity index (χ0) is 21.2. The van der Waals surface area contributed by atoms with Gasteiger partial charge >= 0.3 is 0 Å². The molecule has 3 heterocycles. The first-order valence-electron chi connectivity index (χ1n) is 11.2. The largest absolute Gasteiger partial charge is 0.462 e. The van der Waals surface area contributed by atoms with Gasteiger partial charge in [0.2, 0.25) is 12.8 Å². The van der Waals surface area contributed by atoms with E-state index in [1.165, 1.54) is 24.1 Å². The van der Waals surface area contributed by atoms with Gasteiger partial charge in [0.05, 0.1) is 17.8 Å². The second-order valence-electron chi connectivity index (χ2n) is 8.60. The van der Waals surface area contributed by atoms with E-state index in [4.69, 9.17) is 9.72 Å². The van der Waals surface area contributed by atoms with E-state index in [2.05, 4.69) is 9.80 Å². The number of hydrogen-bond acceptors (Lipinski definition) is 6. The third kappa shape index (κ3) is 4.47. The van der Waals surface area contributed by atoms with Crippen molar-refractivity contribution in [3.05, 3.63) is 34.8 Å². The van der Waals surface area contributed by atoms with Crippen LogP contribution in [0.1, 0.15) is 29.8 Å². The smallest absolute Gasteiger partial charge is 0.236 e. The van der Waals surface area contributed by atoms with E-state index < -0.39 is 6.86 Å². The Morgan fingerprint density at radius 3 is 2.71 bits per heavy atom. The summed E-state index contributed by atoms with van der Waals surface area (Å²) in [5.41, 5.74) is 1.92. The number of ether oxygens (including phenoxy) is 1. The van der Waals surface area contributed by atoms with Crippen LogP contribution in [0.3, 0.4) is 0 Å². The second-order valence-corrected chi connectivity index (χ2v) is 9.68. The molecule has 31 heavy (non-hydrogen) atoms. The summed E-state index contributed by atoms with van der Waals surface area (Å²) in [6.45, 7) is 4.93. The van der Waals surface area contributed by atoms with Crippen molar-refractivity contribution in [2.24, 2.45) is 0 Å². The number of fused-ring (bicyclic) bond motifs is 1. The molecule has 2 fully saturated rings. The number of benzene rings is 1. The number of halogens is 1. The minimum atomic E-state index is -0.854. The van der Waals surface area contributed by atoms with E-state index >= 15 is 0 Å². The third-order valence-corrected chi connectivity index (χ3v) is 7.87. The average Bonchev–Trinajstić information content (AvgIpc) is 3.17. The van der Waals surface area contributed by atoms with Crippen molar-refractivity contribution in [3.8, 4) is 16.3 Å². The zero-order valence-corrected chi connectivity index (χ0v) is 18.6. The standard InChI is InChI=1S/C23H29FN4O2S/c24-16-30-20-7-2-1-6-18(20)23-25-19-8-9-26(14-21(19)31-23)15-22(29)28-12-10-27(11-13-28)17-4-3-5-17/h1-2,6-7,17H,3-5,8-16H2. The Balaban J connectivity index is 1.19. The molecule has 1 amide bonds. The van der Waals surface area contributed by atoms with Crippen molar-refractivity contribution in [3.63, 3.8) is 0 Å². The van der Waals surface area contributed by atoms with Gasteiger partial charge in [0.25, 0.3) is 0 Å². The number of carbonyl (C=O) groups excluding carboxylic acids is 1. The lowest BCUT2D eigenvalue weighted by molar-refractivity contribution is -0.135. The first-order chi connectivity index (χ1) is 15.2. The van der Waals surface area contributed by atoms with Crippen LogP contribution in [0.4, 0.5) is 4.39 Å². The summed E-state index contributed by atoms with van der Waals surface area (Å²) in [5, 5.41) is 0.856. The van der Waals surface area contributed by atoms with Crippen LogP contribution in [0.15, 0.2) is 24.3 Å². The van der Waals surface area contributed by atoms with E-state index in [0.717, 1.165) is 68.0 Å². The Kier molecular flexibility index (Phi) is 6.20. The molecule has 0 atom stereocenters. The maximum absolute atomic E-state index is 12.9. The molecule has 2 aromatic rings. The molecule has 1 saturated heterocycles. The average molecular weight is 445 g/mol. The van der Waals surface area contributed by atoms with Gasteiger partial charge < -0.3 is 9.64 Å². The minimum absolute atomic E-state index is 0.239. The van der Waals surface area contributed by atoms with Crippen molar-refractivity contribution < 1.29 is 13.9 Å². The van der Waals surface area contributed by atoms with Crippen LogP contribution in [-0.2, 0) is 17.8 Å². The molecule has 2 aliphatic heterocycles. The quantitative estimate of drug-likeness (QED) is 0.685. The molecule has 8 heteroatoms. The molecule has 6 nitrogen and oxygen atoms in total. The fourth-order valence-electron chi connectivity index (χ4n) is 4.71. The number of aromatic nitrogens is 1. The Bertz CT molecular complexity index is 924. The molecular formula is C23H29FN4O2S. The molecule has 5 rings (SSSR count). The topological polar surface area (TPSA) is 48.9 Å². The molecular weight excluding hydrogens is 415 g/mol. The van der Waals surface area contributed by atoms with Crippen LogP contribution in [0.5, 0.6) is 5.75 Å². The summed E-state index contributed by atoms with van der Waals surface area (Å²) in [4.78, 5) is 25.7. The summed E-state index contributed by atoms with van der Waals surface area (Å²) in [6, 6.07) is 8.20. The Hall–Kier alpha value is -2.03. The van der Waals surface area contributed by atoms with E-state index in [1.54, 1.807) is 17.4 Å².